The Labute approximate surface area is 189 Å². The molecule has 0 spiro atoms. The summed E-state index contributed by atoms with van der Waals surface area (Å²) in [6, 6.07) is 6.57. The summed E-state index contributed by atoms with van der Waals surface area (Å²) in [5.74, 6) is -8.90. The van der Waals surface area contributed by atoms with E-state index in [-0.39, 0.29) is 18.0 Å². The average molecular weight is 477 g/mol. The Balaban J connectivity index is 1.64. The number of aliphatic hydroxyl groups is 1. The van der Waals surface area contributed by atoms with Crippen LogP contribution in [0.25, 0.3) is 0 Å². The molecule has 5 rings (SSSR count). The molecule has 0 saturated carbocycles. The fourth-order valence-corrected chi connectivity index (χ4v) is 4.21. The summed E-state index contributed by atoms with van der Waals surface area (Å²) in [7, 11) is 0. The number of fused-ring (bicyclic) bond motifs is 1. The molecule has 10 heteroatoms. The second-order valence-electron chi connectivity index (χ2n) is 7.97. The molecular formula is C24H16F5NO4. The fraction of sp³-hybridized carbons (Fsp3) is 0.208. The summed E-state index contributed by atoms with van der Waals surface area (Å²) in [6.07, 6.45) is -0.192. The molecule has 176 valence electrons. The lowest BCUT2D eigenvalue weighted by molar-refractivity contribution is -0.0516. The van der Waals surface area contributed by atoms with Crippen LogP contribution in [0.15, 0.2) is 48.5 Å². The van der Waals surface area contributed by atoms with E-state index in [1.54, 1.807) is 0 Å². The Morgan fingerprint density at radius 2 is 1.41 bits per heavy atom. The second kappa shape index (κ2) is 7.98. The van der Waals surface area contributed by atoms with Gasteiger partial charge in [-0.25, -0.2) is 22.0 Å². The first-order chi connectivity index (χ1) is 16.2. The Hall–Kier alpha value is -3.66. The number of halogens is 5. The van der Waals surface area contributed by atoms with E-state index < -0.39 is 63.7 Å². The summed E-state index contributed by atoms with van der Waals surface area (Å²) in [5.41, 5.74) is -1.36. The standard InChI is InChI=1S/C24H16F5NO4/c25-12-3-5-15(18(28)8-12)24(16-6-4-13(26)9-19(16)29)33-20-10-14(17(27)11-21(20)34-24)23(32)30-7-1-2-22(30)31/h3-6,8-11,22,31H,1-2,7H2. The molecule has 0 bridgehead atoms. The van der Waals surface area contributed by atoms with E-state index in [1.807, 2.05) is 0 Å². The van der Waals surface area contributed by atoms with Gasteiger partial charge in [0.15, 0.2) is 11.5 Å². The third kappa shape index (κ3) is 3.45. The molecule has 0 aromatic heterocycles. The molecule has 3 aromatic rings. The van der Waals surface area contributed by atoms with Gasteiger partial charge in [-0.3, -0.25) is 4.79 Å². The first-order valence-corrected chi connectivity index (χ1v) is 10.3. The van der Waals surface area contributed by atoms with Gasteiger partial charge < -0.3 is 19.5 Å². The molecule has 2 aliphatic rings. The van der Waals surface area contributed by atoms with Crippen molar-refractivity contribution in [1.29, 1.82) is 0 Å². The van der Waals surface area contributed by atoms with Gasteiger partial charge in [-0.2, -0.15) is 0 Å². The third-order valence-electron chi connectivity index (χ3n) is 5.82. The monoisotopic (exact) mass is 477 g/mol. The third-order valence-corrected chi connectivity index (χ3v) is 5.82. The van der Waals surface area contributed by atoms with Crippen molar-refractivity contribution < 1.29 is 41.3 Å². The minimum absolute atomic E-state index is 0.222. The zero-order chi connectivity index (χ0) is 24.2. The van der Waals surface area contributed by atoms with Crippen LogP contribution in [0, 0.1) is 29.1 Å². The van der Waals surface area contributed by atoms with Gasteiger partial charge in [0.05, 0.1) is 16.7 Å². The van der Waals surface area contributed by atoms with E-state index in [0.717, 1.165) is 41.3 Å². The van der Waals surface area contributed by atoms with Crippen molar-refractivity contribution >= 4 is 5.91 Å². The van der Waals surface area contributed by atoms with Crippen LogP contribution in [0.5, 0.6) is 11.5 Å². The van der Waals surface area contributed by atoms with Crippen LogP contribution in [0.4, 0.5) is 22.0 Å². The maximum absolute atomic E-state index is 14.9. The number of hydrogen-bond acceptors (Lipinski definition) is 4. The van der Waals surface area contributed by atoms with Gasteiger partial charge in [-0.05, 0) is 43.2 Å². The highest BCUT2D eigenvalue weighted by atomic mass is 19.1. The van der Waals surface area contributed by atoms with Crippen molar-refractivity contribution in [3.63, 3.8) is 0 Å². The minimum atomic E-state index is -2.40. The smallest absolute Gasteiger partial charge is 0.311 e. The Morgan fingerprint density at radius 3 is 1.91 bits per heavy atom. The van der Waals surface area contributed by atoms with Crippen LogP contribution in [0.1, 0.15) is 34.3 Å². The van der Waals surface area contributed by atoms with Crippen LogP contribution < -0.4 is 9.47 Å². The number of amides is 1. The van der Waals surface area contributed by atoms with Crippen molar-refractivity contribution in [2.75, 3.05) is 6.54 Å². The number of carbonyl (C=O) groups excluding carboxylic acids is 1. The molecule has 1 amide bonds. The molecule has 0 aliphatic carbocycles. The normalized spacial score (nSPS) is 18.4. The van der Waals surface area contributed by atoms with Crippen LogP contribution in [-0.4, -0.2) is 28.7 Å². The number of carbonyl (C=O) groups is 1. The number of ether oxygens (including phenoxy) is 2. The molecule has 1 N–H and O–H groups in total. The molecule has 34 heavy (non-hydrogen) atoms. The highest BCUT2D eigenvalue weighted by molar-refractivity contribution is 5.95. The lowest BCUT2D eigenvalue weighted by Crippen LogP contribution is -2.39. The highest BCUT2D eigenvalue weighted by Gasteiger charge is 2.50. The predicted molar refractivity (Wildman–Crippen MR) is 107 cm³/mol. The topological polar surface area (TPSA) is 59.0 Å². The maximum atomic E-state index is 14.9. The lowest BCUT2D eigenvalue weighted by Gasteiger charge is -2.29. The second-order valence-corrected chi connectivity index (χ2v) is 7.97. The molecule has 1 saturated heterocycles. The Kier molecular flexibility index (Phi) is 5.20. The number of hydrogen-bond donors (Lipinski definition) is 1. The van der Waals surface area contributed by atoms with E-state index in [9.17, 15) is 31.9 Å². The van der Waals surface area contributed by atoms with Crippen LogP contribution in [-0.2, 0) is 5.79 Å². The van der Waals surface area contributed by atoms with Gasteiger partial charge in [-0.15, -0.1) is 0 Å². The molecule has 1 atom stereocenters. The van der Waals surface area contributed by atoms with E-state index in [4.69, 9.17) is 9.47 Å². The summed E-state index contributed by atoms with van der Waals surface area (Å²) < 4.78 is 83.2. The molecule has 3 aromatic carbocycles. The summed E-state index contributed by atoms with van der Waals surface area (Å²) in [6.45, 7) is 0.222. The quantitative estimate of drug-likeness (QED) is 0.560. The molecule has 2 heterocycles. The predicted octanol–water partition coefficient (Wildman–Crippen LogP) is 4.61. The number of nitrogens with zero attached hydrogens (tertiary/aromatic N) is 1. The van der Waals surface area contributed by atoms with Gasteiger partial charge >= 0.3 is 5.79 Å². The summed E-state index contributed by atoms with van der Waals surface area (Å²) >= 11 is 0. The van der Waals surface area contributed by atoms with E-state index >= 15 is 0 Å². The number of aliphatic hydroxyl groups excluding tert-OH is 1. The first-order valence-electron chi connectivity index (χ1n) is 10.3. The maximum Gasteiger partial charge on any atom is 0.311 e. The molecule has 1 unspecified atom stereocenters. The van der Waals surface area contributed by atoms with Gasteiger partial charge in [0.1, 0.15) is 35.3 Å². The first kappa shape index (κ1) is 22.1. The van der Waals surface area contributed by atoms with E-state index in [1.165, 1.54) is 0 Å². The van der Waals surface area contributed by atoms with Crippen LogP contribution in [0.2, 0.25) is 0 Å². The van der Waals surface area contributed by atoms with Gasteiger partial charge in [0.25, 0.3) is 5.91 Å². The van der Waals surface area contributed by atoms with Gasteiger partial charge in [0.2, 0.25) is 0 Å². The van der Waals surface area contributed by atoms with Gasteiger partial charge in [0, 0.05) is 24.7 Å². The SMILES string of the molecule is O=C(c1cc2c(cc1F)OC(c1ccc(F)cc1F)(c1ccc(F)cc1F)O2)N1CCCC1O. The lowest BCUT2D eigenvalue weighted by atomic mass is 9.96. The van der Waals surface area contributed by atoms with Crippen molar-refractivity contribution in [2.24, 2.45) is 0 Å². The van der Waals surface area contributed by atoms with Gasteiger partial charge in [-0.1, -0.05) is 0 Å². The zero-order valence-corrected chi connectivity index (χ0v) is 17.3. The number of rotatable bonds is 3. The molecule has 0 radical (unpaired) electrons. The molecule has 1 fully saturated rings. The van der Waals surface area contributed by atoms with Crippen molar-refractivity contribution in [3.8, 4) is 11.5 Å². The number of benzene rings is 3. The zero-order valence-electron chi connectivity index (χ0n) is 17.3. The van der Waals surface area contributed by atoms with Crippen LogP contribution in [0.3, 0.4) is 0 Å². The Morgan fingerprint density at radius 1 is 0.853 bits per heavy atom. The molecular weight excluding hydrogens is 461 g/mol. The van der Waals surface area contributed by atoms with Crippen molar-refractivity contribution in [3.05, 3.63) is 94.3 Å². The van der Waals surface area contributed by atoms with E-state index in [0.29, 0.717) is 25.0 Å². The summed E-state index contributed by atoms with van der Waals surface area (Å²) in [4.78, 5) is 13.9. The largest absolute Gasteiger partial charge is 0.440 e. The Bertz CT molecular complexity index is 1260. The van der Waals surface area contributed by atoms with Crippen molar-refractivity contribution in [2.45, 2.75) is 24.9 Å². The van der Waals surface area contributed by atoms with Crippen molar-refractivity contribution in [1.82, 2.24) is 4.90 Å². The molecule has 5 nitrogen and oxygen atoms in total. The van der Waals surface area contributed by atoms with Crippen LogP contribution >= 0.6 is 0 Å². The minimum Gasteiger partial charge on any atom is -0.440 e. The molecule has 2 aliphatic heterocycles. The average Bonchev–Trinajstić information content (AvgIpc) is 3.36. The summed E-state index contributed by atoms with van der Waals surface area (Å²) in [5, 5.41) is 9.97. The fourth-order valence-electron chi connectivity index (χ4n) is 4.21. The highest BCUT2D eigenvalue weighted by Crippen LogP contribution is 2.50. The number of likely N-dealkylation sites (tertiary alicyclic amines) is 1. The van der Waals surface area contributed by atoms with E-state index in [2.05, 4.69) is 0 Å².